The molecule has 0 aromatic heterocycles. The van der Waals surface area contributed by atoms with E-state index >= 15 is 0 Å². The molecule has 0 spiro atoms. The number of benzene rings is 1. The Balaban J connectivity index is 2.35. The molecule has 1 aliphatic heterocycles. The fourth-order valence-electron chi connectivity index (χ4n) is 2.89. The summed E-state index contributed by atoms with van der Waals surface area (Å²) in [6.45, 7) is 3.77. The first-order valence-electron chi connectivity index (χ1n) is 7.41. The van der Waals surface area contributed by atoms with Crippen molar-refractivity contribution in [1.29, 1.82) is 0 Å². The quantitative estimate of drug-likeness (QED) is 0.857. The predicted octanol–water partition coefficient (Wildman–Crippen LogP) is 1.55. The highest BCUT2D eigenvalue weighted by Gasteiger charge is 2.31. The van der Waals surface area contributed by atoms with Crippen LogP contribution in [0.25, 0.3) is 0 Å². The molecule has 118 valence electrons. The summed E-state index contributed by atoms with van der Waals surface area (Å²) in [5.41, 5.74) is 7.09. The topological polar surface area (TPSA) is 66.6 Å². The van der Waals surface area contributed by atoms with Gasteiger partial charge in [0.05, 0.1) is 4.90 Å². The largest absolute Gasteiger partial charge is 0.399 e. The molecule has 1 aromatic rings. The molecule has 6 heteroatoms. The number of anilines is 1. The van der Waals surface area contributed by atoms with Crippen molar-refractivity contribution in [2.75, 3.05) is 32.9 Å². The lowest BCUT2D eigenvalue weighted by atomic mass is 10.1. The molecule has 1 saturated heterocycles. The van der Waals surface area contributed by atoms with Crippen molar-refractivity contribution < 1.29 is 8.42 Å². The van der Waals surface area contributed by atoms with Crippen molar-refractivity contribution >= 4 is 15.7 Å². The van der Waals surface area contributed by atoms with Crippen molar-refractivity contribution in [3.05, 3.63) is 23.8 Å². The van der Waals surface area contributed by atoms with Crippen LogP contribution in [-0.2, 0) is 16.4 Å². The highest BCUT2D eigenvalue weighted by Crippen LogP contribution is 2.26. The van der Waals surface area contributed by atoms with Crippen LogP contribution in [0.3, 0.4) is 0 Å². The molecule has 2 rings (SSSR count). The molecule has 1 heterocycles. The van der Waals surface area contributed by atoms with Crippen LogP contribution in [0.2, 0.25) is 0 Å². The van der Waals surface area contributed by atoms with Gasteiger partial charge in [-0.2, -0.15) is 4.31 Å². The third-order valence-corrected chi connectivity index (χ3v) is 6.24. The molecule has 1 aliphatic rings. The second-order valence-corrected chi connectivity index (χ2v) is 7.77. The van der Waals surface area contributed by atoms with Crippen molar-refractivity contribution in [3.8, 4) is 0 Å². The monoisotopic (exact) mass is 311 g/mol. The zero-order valence-electron chi connectivity index (χ0n) is 13.0. The molecular formula is C15H25N3O2S. The van der Waals surface area contributed by atoms with Crippen LogP contribution in [0.4, 0.5) is 5.69 Å². The Morgan fingerprint density at radius 2 is 2.14 bits per heavy atom. The molecule has 1 aromatic carbocycles. The zero-order valence-corrected chi connectivity index (χ0v) is 13.9. The first-order chi connectivity index (χ1) is 9.86. The molecule has 1 fully saturated rings. The molecule has 0 saturated carbocycles. The summed E-state index contributed by atoms with van der Waals surface area (Å²) in [6.07, 6.45) is 2.61. The first-order valence-corrected chi connectivity index (χ1v) is 8.85. The fraction of sp³-hybridized carbons (Fsp3) is 0.600. The second kappa shape index (κ2) is 6.34. The van der Waals surface area contributed by atoms with Crippen LogP contribution in [-0.4, -0.2) is 50.8 Å². The number of nitrogens with two attached hydrogens (primary N) is 1. The second-order valence-electron chi connectivity index (χ2n) is 5.80. The van der Waals surface area contributed by atoms with E-state index in [1.165, 1.54) is 4.31 Å². The molecule has 0 bridgehead atoms. The molecule has 2 N–H and O–H groups in total. The predicted molar refractivity (Wildman–Crippen MR) is 85.7 cm³/mol. The van der Waals surface area contributed by atoms with E-state index in [2.05, 4.69) is 4.90 Å². The molecule has 1 unspecified atom stereocenters. The minimum absolute atomic E-state index is 0.0277. The van der Waals surface area contributed by atoms with Crippen LogP contribution >= 0.6 is 0 Å². The average Bonchev–Trinajstić information content (AvgIpc) is 2.46. The van der Waals surface area contributed by atoms with E-state index in [9.17, 15) is 8.42 Å². The Kier molecular flexibility index (Phi) is 4.91. The van der Waals surface area contributed by atoms with Crippen molar-refractivity contribution in [1.82, 2.24) is 9.21 Å². The number of likely N-dealkylation sites (N-methyl/N-ethyl adjacent to an activating group) is 2. The maximum absolute atomic E-state index is 12.9. The van der Waals surface area contributed by atoms with Crippen LogP contribution in [0.5, 0.6) is 0 Å². The number of nitrogen functional groups attached to an aromatic ring is 1. The van der Waals surface area contributed by atoms with Gasteiger partial charge >= 0.3 is 0 Å². The first kappa shape index (κ1) is 16.3. The highest BCUT2D eigenvalue weighted by atomic mass is 32.2. The van der Waals surface area contributed by atoms with Gasteiger partial charge in [0.2, 0.25) is 10.0 Å². The van der Waals surface area contributed by atoms with Gasteiger partial charge in [0.15, 0.2) is 0 Å². The van der Waals surface area contributed by atoms with Gasteiger partial charge in [0.25, 0.3) is 0 Å². The Hall–Kier alpha value is -1.11. The SMILES string of the molecule is CCc1ccc(N)cc1S(=O)(=O)N(C)C1CCCN(C)C1. The van der Waals surface area contributed by atoms with E-state index in [1.54, 1.807) is 19.2 Å². The minimum Gasteiger partial charge on any atom is -0.399 e. The zero-order chi connectivity index (χ0) is 15.6. The Morgan fingerprint density at radius 1 is 1.43 bits per heavy atom. The van der Waals surface area contributed by atoms with Gasteiger partial charge in [0.1, 0.15) is 0 Å². The average molecular weight is 311 g/mol. The number of piperidine rings is 1. The van der Waals surface area contributed by atoms with E-state index in [-0.39, 0.29) is 6.04 Å². The Labute approximate surface area is 127 Å². The summed E-state index contributed by atoms with van der Waals surface area (Å²) < 4.78 is 27.4. The van der Waals surface area contributed by atoms with Crippen LogP contribution < -0.4 is 5.73 Å². The fourth-order valence-corrected chi connectivity index (χ4v) is 4.59. The lowest BCUT2D eigenvalue weighted by Crippen LogP contribution is -2.47. The normalized spacial score (nSPS) is 20.9. The summed E-state index contributed by atoms with van der Waals surface area (Å²) in [7, 11) is 0.214. The van der Waals surface area contributed by atoms with Crippen molar-refractivity contribution in [2.24, 2.45) is 0 Å². The molecule has 21 heavy (non-hydrogen) atoms. The molecule has 0 amide bonds. The number of aryl methyl sites for hydroxylation is 1. The van der Waals surface area contributed by atoms with Crippen molar-refractivity contribution in [2.45, 2.75) is 37.1 Å². The molecule has 0 aliphatic carbocycles. The smallest absolute Gasteiger partial charge is 0.243 e. The number of hydrogen-bond acceptors (Lipinski definition) is 4. The van der Waals surface area contributed by atoms with Crippen LogP contribution in [0.1, 0.15) is 25.3 Å². The van der Waals surface area contributed by atoms with E-state index < -0.39 is 10.0 Å². The number of sulfonamides is 1. The standard InChI is InChI=1S/C15H25N3O2S/c1-4-12-7-8-13(16)10-15(12)21(19,20)18(3)14-6-5-9-17(2)11-14/h7-8,10,14H,4-6,9,11,16H2,1-3H3. The van der Waals surface area contributed by atoms with E-state index in [4.69, 9.17) is 5.73 Å². The van der Waals surface area contributed by atoms with Gasteiger partial charge < -0.3 is 10.6 Å². The third kappa shape index (κ3) is 3.39. The lowest BCUT2D eigenvalue weighted by molar-refractivity contribution is 0.187. The third-order valence-electron chi connectivity index (χ3n) is 4.24. The Morgan fingerprint density at radius 3 is 2.76 bits per heavy atom. The van der Waals surface area contributed by atoms with E-state index in [0.29, 0.717) is 17.0 Å². The highest BCUT2D eigenvalue weighted by molar-refractivity contribution is 7.89. The van der Waals surface area contributed by atoms with E-state index in [0.717, 1.165) is 31.5 Å². The van der Waals surface area contributed by atoms with Crippen LogP contribution in [0, 0.1) is 0 Å². The summed E-state index contributed by atoms with van der Waals surface area (Å²) in [5.74, 6) is 0. The van der Waals surface area contributed by atoms with Crippen molar-refractivity contribution in [3.63, 3.8) is 0 Å². The molecule has 5 nitrogen and oxygen atoms in total. The number of hydrogen-bond donors (Lipinski definition) is 1. The maximum Gasteiger partial charge on any atom is 0.243 e. The molecule has 0 radical (unpaired) electrons. The Bertz CT molecular complexity index is 601. The van der Waals surface area contributed by atoms with E-state index in [1.807, 2.05) is 20.0 Å². The number of likely N-dealkylation sites (tertiary alicyclic amines) is 1. The van der Waals surface area contributed by atoms with Gasteiger partial charge in [-0.05, 0) is 50.6 Å². The van der Waals surface area contributed by atoms with Gasteiger partial charge in [-0.25, -0.2) is 8.42 Å². The minimum atomic E-state index is -3.50. The molecular weight excluding hydrogens is 286 g/mol. The van der Waals surface area contributed by atoms with Crippen LogP contribution in [0.15, 0.2) is 23.1 Å². The van der Waals surface area contributed by atoms with Gasteiger partial charge in [-0.15, -0.1) is 0 Å². The van der Waals surface area contributed by atoms with Gasteiger partial charge in [0, 0.05) is 25.3 Å². The van der Waals surface area contributed by atoms with Gasteiger partial charge in [-0.3, -0.25) is 0 Å². The summed E-state index contributed by atoms with van der Waals surface area (Å²) in [6, 6.07) is 5.17. The maximum atomic E-state index is 12.9. The summed E-state index contributed by atoms with van der Waals surface area (Å²) in [4.78, 5) is 2.53. The number of nitrogens with zero attached hydrogens (tertiary/aromatic N) is 2. The molecule has 1 atom stereocenters. The van der Waals surface area contributed by atoms with Gasteiger partial charge in [-0.1, -0.05) is 13.0 Å². The number of rotatable bonds is 4. The lowest BCUT2D eigenvalue weighted by Gasteiger charge is -2.35. The summed E-state index contributed by atoms with van der Waals surface area (Å²) in [5, 5.41) is 0. The summed E-state index contributed by atoms with van der Waals surface area (Å²) >= 11 is 0.